The molecule has 4 unspecified atom stereocenters. The van der Waals surface area contributed by atoms with Gasteiger partial charge in [-0.3, -0.25) is 4.21 Å². The second-order valence-corrected chi connectivity index (χ2v) is 7.43. The SMILES string of the molecule is CSC1CCCCC1NC(C)CCS(C)=O. The molecule has 1 N–H and O–H groups in total. The Bertz CT molecular complexity index is 223. The average Bonchev–Trinajstić information content (AvgIpc) is 2.27. The molecule has 2 nitrogen and oxygen atoms in total. The zero-order chi connectivity index (χ0) is 12.0. The lowest BCUT2D eigenvalue weighted by molar-refractivity contribution is 0.350. The van der Waals surface area contributed by atoms with Gasteiger partial charge in [0.25, 0.3) is 0 Å². The third-order valence-electron chi connectivity index (χ3n) is 3.34. The summed E-state index contributed by atoms with van der Waals surface area (Å²) in [4.78, 5) is 0. The molecule has 0 aromatic rings. The highest BCUT2D eigenvalue weighted by Crippen LogP contribution is 2.27. The van der Waals surface area contributed by atoms with Crippen molar-refractivity contribution in [1.29, 1.82) is 0 Å². The molecule has 0 radical (unpaired) electrons. The van der Waals surface area contributed by atoms with Gasteiger partial charge in [0.1, 0.15) is 0 Å². The molecule has 1 fully saturated rings. The first-order chi connectivity index (χ1) is 7.63. The molecule has 0 bridgehead atoms. The molecule has 0 aliphatic heterocycles. The van der Waals surface area contributed by atoms with E-state index in [0.29, 0.717) is 12.1 Å². The van der Waals surface area contributed by atoms with E-state index in [0.717, 1.165) is 17.4 Å². The summed E-state index contributed by atoms with van der Waals surface area (Å²) >= 11 is 2.00. The molecule has 1 aliphatic carbocycles. The maximum Gasteiger partial charge on any atom is 0.0246 e. The number of hydrogen-bond donors (Lipinski definition) is 1. The van der Waals surface area contributed by atoms with Gasteiger partial charge >= 0.3 is 0 Å². The van der Waals surface area contributed by atoms with Crippen molar-refractivity contribution in [3.05, 3.63) is 0 Å². The van der Waals surface area contributed by atoms with Gasteiger partial charge in [0.05, 0.1) is 0 Å². The van der Waals surface area contributed by atoms with Crippen LogP contribution in [0.5, 0.6) is 0 Å². The zero-order valence-electron chi connectivity index (χ0n) is 10.7. The van der Waals surface area contributed by atoms with E-state index in [1.807, 2.05) is 11.8 Å². The Morgan fingerprint density at radius 3 is 2.75 bits per heavy atom. The summed E-state index contributed by atoms with van der Waals surface area (Å²) in [5.74, 6) is 0.824. The average molecular weight is 263 g/mol. The molecule has 0 aromatic heterocycles. The maximum absolute atomic E-state index is 11.0. The third kappa shape index (κ3) is 5.19. The summed E-state index contributed by atoms with van der Waals surface area (Å²) in [5, 5.41) is 4.50. The van der Waals surface area contributed by atoms with Crippen molar-refractivity contribution in [2.45, 2.75) is 56.4 Å². The van der Waals surface area contributed by atoms with Crippen molar-refractivity contribution >= 4 is 22.6 Å². The van der Waals surface area contributed by atoms with E-state index in [2.05, 4.69) is 18.5 Å². The van der Waals surface area contributed by atoms with Crippen LogP contribution >= 0.6 is 11.8 Å². The largest absolute Gasteiger partial charge is 0.310 e. The fraction of sp³-hybridized carbons (Fsp3) is 1.00. The zero-order valence-corrected chi connectivity index (χ0v) is 12.3. The third-order valence-corrected chi connectivity index (χ3v) is 5.32. The summed E-state index contributed by atoms with van der Waals surface area (Å²) in [6.07, 6.45) is 10.4. The lowest BCUT2D eigenvalue weighted by atomic mass is 9.94. The van der Waals surface area contributed by atoms with Crippen LogP contribution in [0.25, 0.3) is 0 Å². The van der Waals surface area contributed by atoms with Gasteiger partial charge < -0.3 is 5.32 Å². The molecule has 0 heterocycles. The first kappa shape index (κ1) is 14.5. The minimum atomic E-state index is -0.648. The van der Waals surface area contributed by atoms with Gasteiger partial charge in [-0.1, -0.05) is 12.8 Å². The van der Waals surface area contributed by atoms with Gasteiger partial charge in [-0.05, 0) is 32.4 Å². The van der Waals surface area contributed by atoms with E-state index in [1.165, 1.54) is 25.7 Å². The van der Waals surface area contributed by atoms with Gasteiger partial charge in [0, 0.05) is 40.1 Å². The van der Waals surface area contributed by atoms with Gasteiger partial charge in [-0.2, -0.15) is 11.8 Å². The lowest BCUT2D eigenvalue weighted by Gasteiger charge is -2.33. The van der Waals surface area contributed by atoms with Crippen molar-refractivity contribution in [3.8, 4) is 0 Å². The normalized spacial score (nSPS) is 29.9. The van der Waals surface area contributed by atoms with Crippen LogP contribution in [-0.4, -0.2) is 39.8 Å². The van der Waals surface area contributed by atoms with Gasteiger partial charge in [0.2, 0.25) is 0 Å². The molecule has 96 valence electrons. The summed E-state index contributed by atoms with van der Waals surface area (Å²) < 4.78 is 11.0. The molecule has 4 atom stereocenters. The summed E-state index contributed by atoms with van der Waals surface area (Å²) in [7, 11) is -0.648. The predicted octanol–water partition coefficient (Wildman–Crippen LogP) is 2.41. The highest BCUT2D eigenvalue weighted by Gasteiger charge is 2.25. The smallest absolute Gasteiger partial charge is 0.0246 e. The second kappa shape index (κ2) is 7.72. The maximum atomic E-state index is 11.0. The van der Waals surface area contributed by atoms with Crippen LogP contribution in [0.15, 0.2) is 0 Å². The van der Waals surface area contributed by atoms with Crippen molar-refractivity contribution in [2.24, 2.45) is 0 Å². The van der Waals surface area contributed by atoms with Crippen LogP contribution in [0.1, 0.15) is 39.0 Å². The van der Waals surface area contributed by atoms with Gasteiger partial charge in [-0.15, -0.1) is 0 Å². The van der Waals surface area contributed by atoms with Crippen LogP contribution < -0.4 is 5.32 Å². The molecule has 1 rings (SSSR count). The Hall–Kier alpha value is 0.460. The van der Waals surface area contributed by atoms with Gasteiger partial charge in [-0.25, -0.2) is 0 Å². The molecule has 0 saturated heterocycles. The first-order valence-electron chi connectivity index (χ1n) is 6.22. The Balaban J connectivity index is 2.30. The topological polar surface area (TPSA) is 29.1 Å². The Morgan fingerprint density at radius 2 is 2.12 bits per heavy atom. The second-order valence-electron chi connectivity index (χ2n) is 4.80. The molecule has 1 aliphatic rings. The Labute approximate surface area is 107 Å². The summed E-state index contributed by atoms with van der Waals surface area (Å²) in [6, 6.07) is 1.17. The standard InChI is InChI=1S/C12H25NOS2/c1-10(8-9-16(3)14)13-11-6-4-5-7-12(11)15-2/h10-13H,4-9H2,1-3H3. The van der Waals surface area contributed by atoms with Crippen LogP contribution in [0.3, 0.4) is 0 Å². The van der Waals surface area contributed by atoms with Crippen LogP contribution in [-0.2, 0) is 10.8 Å². The molecule has 0 spiro atoms. The lowest BCUT2D eigenvalue weighted by Crippen LogP contribution is -2.45. The van der Waals surface area contributed by atoms with E-state index in [-0.39, 0.29) is 0 Å². The monoisotopic (exact) mass is 263 g/mol. The molecule has 0 aromatic carbocycles. The fourth-order valence-electron chi connectivity index (χ4n) is 2.36. The van der Waals surface area contributed by atoms with Crippen LogP contribution in [0, 0.1) is 0 Å². The molecule has 16 heavy (non-hydrogen) atoms. The van der Waals surface area contributed by atoms with Crippen LogP contribution in [0.4, 0.5) is 0 Å². The van der Waals surface area contributed by atoms with Crippen molar-refractivity contribution in [1.82, 2.24) is 5.32 Å². The van der Waals surface area contributed by atoms with Crippen molar-refractivity contribution in [2.75, 3.05) is 18.3 Å². The fourth-order valence-corrected chi connectivity index (χ4v) is 3.99. The highest BCUT2D eigenvalue weighted by molar-refractivity contribution is 7.99. The Morgan fingerprint density at radius 1 is 1.44 bits per heavy atom. The molecule has 4 heteroatoms. The number of hydrogen-bond acceptors (Lipinski definition) is 3. The predicted molar refractivity (Wildman–Crippen MR) is 75.7 cm³/mol. The summed E-state index contributed by atoms with van der Waals surface area (Å²) in [6.45, 7) is 2.22. The minimum Gasteiger partial charge on any atom is -0.310 e. The van der Waals surface area contributed by atoms with E-state index in [1.54, 1.807) is 6.26 Å². The molecule has 1 saturated carbocycles. The Kier molecular flexibility index (Phi) is 7.01. The van der Waals surface area contributed by atoms with E-state index in [4.69, 9.17) is 0 Å². The molecular weight excluding hydrogens is 238 g/mol. The van der Waals surface area contributed by atoms with Crippen molar-refractivity contribution < 1.29 is 4.21 Å². The number of rotatable bonds is 6. The van der Waals surface area contributed by atoms with Gasteiger partial charge in [0.15, 0.2) is 0 Å². The first-order valence-corrected chi connectivity index (χ1v) is 9.24. The van der Waals surface area contributed by atoms with E-state index >= 15 is 0 Å². The van der Waals surface area contributed by atoms with E-state index < -0.39 is 10.8 Å². The summed E-state index contributed by atoms with van der Waals surface area (Å²) in [5.41, 5.74) is 0. The molecular formula is C12H25NOS2. The highest BCUT2D eigenvalue weighted by atomic mass is 32.2. The number of nitrogens with one attached hydrogen (secondary N) is 1. The minimum absolute atomic E-state index is 0.502. The molecule has 0 amide bonds. The number of thioether (sulfide) groups is 1. The van der Waals surface area contributed by atoms with Crippen LogP contribution in [0.2, 0.25) is 0 Å². The van der Waals surface area contributed by atoms with Crippen molar-refractivity contribution in [3.63, 3.8) is 0 Å². The quantitative estimate of drug-likeness (QED) is 0.798. The van der Waals surface area contributed by atoms with E-state index in [9.17, 15) is 4.21 Å².